The van der Waals surface area contributed by atoms with Gasteiger partial charge in [-0.1, -0.05) is 11.6 Å². The molecule has 0 saturated carbocycles. The van der Waals surface area contributed by atoms with E-state index in [1.54, 1.807) is 7.05 Å². The predicted octanol–water partition coefficient (Wildman–Crippen LogP) is 1.76. The molecule has 4 nitrogen and oxygen atoms in total. The number of hydrogen-bond acceptors (Lipinski definition) is 4. The van der Waals surface area contributed by atoms with Gasteiger partial charge >= 0.3 is 0 Å². The Bertz CT molecular complexity index is 409. The number of nitrogens with zero attached hydrogens (tertiary/aromatic N) is 2. The lowest BCUT2D eigenvalue weighted by atomic mass is 9.89. The fourth-order valence-corrected chi connectivity index (χ4v) is 2.98. The zero-order valence-electron chi connectivity index (χ0n) is 9.29. The van der Waals surface area contributed by atoms with Crippen LogP contribution in [0.3, 0.4) is 0 Å². The zero-order chi connectivity index (χ0) is 11.8. The normalized spacial score (nSPS) is 24.8. The maximum Gasteiger partial charge on any atom is 0.227 e. The lowest BCUT2D eigenvalue weighted by Gasteiger charge is -2.22. The molecule has 1 fully saturated rings. The van der Waals surface area contributed by atoms with Crippen LogP contribution in [0.15, 0.2) is 5.38 Å². The molecular formula is C10H14ClN3OS. The summed E-state index contributed by atoms with van der Waals surface area (Å²) in [4.78, 5) is 18.1. The molecule has 0 aromatic carbocycles. The molecule has 0 spiro atoms. The highest BCUT2D eigenvalue weighted by molar-refractivity contribution is 7.14. The Morgan fingerprint density at radius 2 is 2.50 bits per heavy atom. The van der Waals surface area contributed by atoms with Crippen molar-refractivity contribution >= 4 is 34.0 Å². The quantitative estimate of drug-likeness (QED) is 0.880. The molecule has 1 amide bonds. The number of thiazole rings is 1. The third-order valence-corrected chi connectivity index (χ3v) is 4.21. The van der Waals surface area contributed by atoms with Gasteiger partial charge in [-0.3, -0.25) is 4.79 Å². The minimum Gasteiger partial charge on any atom is -0.359 e. The highest BCUT2D eigenvalue weighted by atomic mass is 35.5. The first kappa shape index (κ1) is 11.7. The molecule has 1 atom stereocenters. The average Bonchev–Trinajstić information content (AvgIpc) is 2.84. The summed E-state index contributed by atoms with van der Waals surface area (Å²) in [5.74, 6) is 0.0950. The highest BCUT2D eigenvalue weighted by Gasteiger charge is 2.40. The maximum absolute atomic E-state index is 11.7. The Morgan fingerprint density at radius 3 is 3.06 bits per heavy atom. The molecule has 2 heterocycles. The van der Waals surface area contributed by atoms with Crippen LogP contribution in [-0.2, 0) is 4.79 Å². The van der Waals surface area contributed by atoms with Gasteiger partial charge < -0.3 is 10.2 Å². The van der Waals surface area contributed by atoms with E-state index in [-0.39, 0.29) is 11.3 Å². The van der Waals surface area contributed by atoms with E-state index in [2.05, 4.69) is 15.2 Å². The molecule has 1 N–H and O–H groups in total. The molecule has 1 aromatic rings. The van der Waals surface area contributed by atoms with Gasteiger partial charge in [-0.2, -0.15) is 0 Å². The third kappa shape index (κ3) is 2.01. The molecule has 1 saturated heterocycles. The van der Waals surface area contributed by atoms with Crippen molar-refractivity contribution in [2.45, 2.75) is 13.3 Å². The summed E-state index contributed by atoms with van der Waals surface area (Å²) in [7, 11) is 1.68. The van der Waals surface area contributed by atoms with Crippen LogP contribution >= 0.6 is 22.9 Å². The first-order chi connectivity index (χ1) is 7.55. The minimum absolute atomic E-state index is 0.0950. The van der Waals surface area contributed by atoms with E-state index in [0.29, 0.717) is 11.7 Å². The van der Waals surface area contributed by atoms with E-state index in [9.17, 15) is 4.79 Å². The molecule has 88 valence electrons. The SMILES string of the molecule is CNC(=O)C1(C)CCN(c2nc(Cl)cs2)C1. The fourth-order valence-electron chi connectivity index (χ4n) is 2.00. The van der Waals surface area contributed by atoms with Gasteiger partial charge in [-0.05, 0) is 13.3 Å². The van der Waals surface area contributed by atoms with Crippen LogP contribution in [0.4, 0.5) is 5.13 Å². The van der Waals surface area contributed by atoms with E-state index in [1.807, 2.05) is 12.3 Å². The Morgan fingerprint density at radius 1 is 1.75 bits per heavy atom. The fraction of sp³-hybridized carbons (Fsp3) is 0.600. The van der Waals surface area contributed by atoms with Gasteiger partial charge in [0.2, 0.25) is 5.91 Å². The van der Waals surface area contributed by atoms with Crippen LogP contribution in [0.25, 0.3) is 0 Å². The smallest absolute Gasteiger partial charge is 0.227 e. The second-order valence-electron chi connectivity index (χ2n) is 4.26. The Balaban J connectivity index is 2.11. The second kappa shape index (κ2) is 4.22. The molecule has 1 aliphatic rings. The first-order valence-electron chi connectivity index (χ1n) is 5.13. The molecule has 1 aromatic heterocycles. The summed E-state index contributed by atoms with van der Waals surface area (Å²) in [6, 6.07) is 0. The van der Waals surface area contributed by atoms with Crippen LogP contribution in [0.2, 0.25) is 5.15 Å². The lowest BCUT2D eigenvalue weighted by molar-refractivity contribution is -0.128. The molecule has 16 heavy (non-hydrogen) atoms. The molecular weight excluding hydrogens is 246 g/mol. The predicted molar refractivity (Wildman–Crippen MR) is 66.1 cm³/mol. The van der Waals surface area contributed by atoms with Gasteiger partial charge in [-0.15, -0.1) is 11.3 Å². The van der Waals surface area contributed by atoms with Crippen molar-refractivity contribution in [3.05, 3.63) is 10.5 Å². The van der Waals surface area contributed by atoms with Crippen molar-refractivity contribution in [1.29, 1.82) is 0 Å². The number of hydrogen-bond donors (Lipinski definition) is 1. The number of nitrogens with one attached hydrogen (secondary N) is 1. The van der Waals surface area contributed by atoms with E-state index >= 15 is 0 Å². The summed E-state index contributed by atoms with van der Waals surface area (Å²) >= 11 is 7.31. The van der Waals surface area contributed by atoms with Crippen LogP contribution < -0.4 is 10.2 Å². The van der Waals surface area contributed by atoms with E-state index < -0.39 is 0 Å². The molecule has 1 unspecified atom stereocenters. The average molecular weight is 260 g/mol. The number of amides is 1. The lowest BCUT2D eigenvalue weighted by Crippen LogP contribution is -2.39. The Hall–Kier alpha value is -0.810. The van der Waals surface area contributed by atoms with Gasteiger partial charge in [0, 0.05) is 25.5 Å². The maximum atomic E-state index is 11.7. The number of aromatic nitrogens is 1. The largest absolute Gasteiger partial charge is 0.359 e. The number of carbonyl (C=O) groups excluding carboxylic acids is 1. The van der Waals surface area contributed by atoms with Gasteiger partial charge in [0.1, 0.15) is 5.15 Å². The van der Waals surface area contributed by atoms with Crippen molar-refractivity contribution in [3.63, 3.8) is 0 Å². The topological polar surface area (TPSA) is 45.2 Å². The van der Waals surface area contributed by atoms with E-state index in [4.69, 9.17) is 11.6 Å². The van der Waals surface area contributed by atoms with Gasteiger partial charge in [0.05, 0.1) is 5.41 Å². The first-order valence-corrected chi connectivity index (χ1v) is 6.39. The van der Waals surface area contributed by atoms with E-state index in [1.165, 1.54) is 11.3 Å². The van der Waals surface area contributed by atoms with Gasteiger partial charge in [0.25, 0.3) is 0 Å². The second-order valence-corrected chi connectivity index (χ2v) is 5.49. The van der Waals surface area contributed by atoms with Crippen LogP contribution in [0.5, 0.6) is 0 Å². The number of halogens is 1. The van der Waals surface area contributed by atoms with Crippen LogP contribution in [0, 0.1) is 5.41 Å². The van der Waals surface area contributed by atoms with E-state index in [0.717, 1.165) is 18.1 Å². The zero-order valence-corrected chi connectivity index (χ0v) is 10.9. The number of rotatable bonds is 2. The summed E-state index contributed by atoms with van der Waals surface area (Å²) < 4.78 is 0. The molecule has 0 radical (unpaired) electrons. The third-order valence-electron chi connectivity index (χ3n) is 2.98. The molecule has 1 aliphatic heterocycles. The number of carbonyl (C=O) groups is 1. The van der Waals surface area contributed by atoms with Crippen molar-refractivity contribution in [1.82, 2.24) is 10.3 Å². The summed E-state index contributed by atoms with van der Waals surface area (Å²) in [6.07, 6.45) is 0.851. The molecule has 6 heteroatoms. The molecule has 0 bridgehead atoms. The Kier molecular flexibility index (Phi) is 3.08. The van der Waals surface area contributed by atoms with Crippen molar-refractivity contribution < 1.29 is 4.79 Å². The van der Waals surface area contributed by atoms with Crippen molar-refractivity contribution in [3.8, 4) is 0 Å². The monoisotopic (exact) mass is 259 g/mol. The Labute approximate surface area is 104 Å². The minimum atomic E-state index is -0.313. The molecule has 2 rings (SSSR count). The van der Waals surface area contributed by atoms with Gasteiger partial charge in [0.15, 0.2) is 5.13 Å². The van der Waals surface area contributed by atoms with Gasteiger partial charge in [-0.25, -0.2) is 4.98 Å². The van der Waals surface area contributed by atoms with Crippen molar-refractivity contribution in [2.75, 3.05) is 25.0 Å². The van der Waals surface area contributed by atoms with Crippen LogP contribution in [-0.4, -0.2) is 31.0 Å². The standard InChI is InChI=1S/C10H14ClN3OS/c1-10(8(15)12-2)3-4-14(6-10)9-13-7(11)5-16-9/h5H,3-4,6H2,1-2H3,(H,12,15). The summed E-state index contributed by atoms with van der Waals surface area (Å²) in [6.45, 7) is 3.55. The van der Waals surface area contributed by atoms with Crippen molar-refractivity contribution in [2.24, 2.45) is 5.41 Å². The summed E-state index contributed by atoms with van der Waals surface area (Å²) in [5, 5.41) is 5.95. The summed E-state index contributed by atoms with van der Waals surface area (Å²) in [5.41, 5.74) is -0.313. The highest BCUT2D eigenvalue weighted by Crippen LogP contribution is 2.35. The van der Waals surface area contributed by atoms with Crippen LogP contribution in [0.1, 0.15) is 13.3 Å². The molecule has 0 aliphatic carbocycles. The number of anilines is 1.